The number of aliphatic hydroxyl groups excluding tert-OH is 1. The molecule has 0 aromatic heterocycles. The Kier molecular flexibility index (Phi) is 16.3. The summed E-state index contributed by atoms with van der Waals surface area (Å²) in [5.41, 5.74) is -1.97. The van der Waals surface area contributed by atoms with Gasteiger partial charge in [-0.25, -0.2) is 0 Å². The highest BCUT2D eigenvalue weighted by Gasteiger charge is 2.23. The number of rotatable bonds is 21. The monoisotopic (exact) mass is 486 g/mol. The summed E-state index contributed by atoms with van der Waals surface area (Å²) in [5.74, 6) is 0.816. The fraction of sp³-hybridized carbons (Fsp3) is 0.769. The molecule has 33 heavy (non-hydrogen) atoms. The third kappa shape index (κ3) is 13.9. The minimum absolute atomic E-state index is 0.0316. The molecule has 0 fully saturated rings. The molecular formula is C26H46O6S. The van der Waals surface area contributed by atoms with Crippen LogP contribution in [0.4, 0.5) is 0 Å². The van der Waals surface area contributed by atoms with Crippen molar-refractivity contribution in [3.63, 3.8) is 0 Å². The molecule has 1 aromatic carbocycles. The molecule has 1 rings (SSSR count). The lowest BCUT2D eigenvalue weighted by Gasteiger charge is -2.14. The third-order valence-electron chi connectivity index (χ3n) is 6.01. The summed E-state index contributed by atoms with van der Waals surface area (Å²) in [6, 6.07) is 4.32. The first-order valence-electron chi connectivity index (χ1n) is 12.8. The molecule has 1 atom stereocenters. The molecule has 1 aromatic rings. The smallest absolute Gasteiger partial charge is 0.296 e. The van der Waals surface area contributed by atoms with E-state index in [0.29, 0.717) is 18.1 Å². The summed E-state index contributed by atoms with van der Waals surface area (Å²) in [5, 5.41) is 9.67. The van der Waals surface area contributed by atoms with Crippen molar-refractivity contribution < 1.29 is 27.6 Å². The number of aliphatic hydroxyl groups is 1. The predicted octanol–water partition coefficient (Wildman–Crippen LogP) is 7.21. The van der Waals surface area contributed by atoms with E-state index in [1.165, 1.54) is 109 Å². The van der Waals surface area contributed by atoms with Crippen molar-refractivity contribution in [1.29, 1.82) is 0 Å². The maximum Gasteiger partial charge on any atom is 0.296 e. The fourth-order valence-electron chi connectivity index (χ4n) is 3.96. The average Bonchev–Trinajstić information content (AvgIpc) is 2.80. The standard InChI is InChI=1S/C26H46O6S/c1-3-4-5-6-7-8-9-10-11-12-13-14-15-16-17-18-21-32-24-20-19-23(22-25(24)31-2)26(27)33(28,29)30/h19-20,22,26-27H,3-18,21H2,1-2H3,(H,28,29,30). The highest BCUT2D eigenvalue weighted by atomic mass is 32.2. The second-order valence-corrected chi connectivity index (χ2v) is 10.4. The normalized spacial score (nSPS) is 12.6. The molecule has 6 nitrogen and oxygen atoms in total. The first-order valence-corrected chi connectivity index (χ1v) is 14.4. The molecular weight excluding hydrogens is 440 g/mol. The van der Waals surface area contributed by atoms with E-state index in [9.17, 15) is 13.5 Å². The van der Waals surface area contributed by atoms with Gasteiger partial charge < -0.3 is 14.6 Å². The summed E-state index contributed by atoms with van der Waals surface area (Å²) in [4.78, 5) is 0. The molecule has 0 aliphatic heterocycles. The van der Waals surface area contributed by atoms with E-state index in [1.807, 2.05) is 0 Å². The van der Waals surface area contributed by atoms with Crippen LogP contribution in [0.1, 0.15) is 121 Å². The summed E-state index contributed by atoms with van der Waals surface area (Å²) < 4.78 is 42.1. The molecule has 0 saturated carbocycles. The number of unbranched alkanes of at least 4 members (excludes halogenated alkanes) is 15. The topological polar surface area (TPSA) is 93.1 Å². The van der Waals surface area contributed by atoms with Crippen LogP contribution >= 0.6 is 0 Å². The van der Waals surface area contributed by atoms with Gasteiger partial charge in [0.1, 0.15) is 0 Å². The van der Waals surface area contributed by atoms with Gasteiger partial charge >= 0.3 is 0 Å². The largest absolute Gasteiger partial charge is 0.493 e. The van der Waals surface area contributed by atoms with Gasteiger partial charge in [-0.3, -0.25) is 4.55 Å². The first kappa shape index (κ1) is 29.7. The van der Waals surface area contributed by atoms with Crippen molar-refractivity contribution in [2.24, 2.45) is 0 Å². The lowest BCUT2D eigenvalue weighted by atomic mass is 10.0. The molecule has 192 valence electrons. The van der Waals surface area contributed by atoms with Crippen molar-refractivity contribution in [3.8, 4) is 11.5 Å². The molecule has 7 heteroatoms. The molecule has 0 saturated heterocycles. The van der Waals surface area contributed by atoms with E-state index in [0.717, 1.165) is 12.8 Å². The van der Waals surface area contributed by atoms with Gasteiger partial charge in [0.2, 0.25) is 5.44 Å². The van der Waals surface area contributed by atoms with Gasteiger partial charge in [0, 0.05) is 5.56 Å². The predicted molar refractivity (Wildman–Crippen MR) is 135 cm³/mol. The van der Waals surface area contributed by atoms with Crippen LogP contribution in [-0.4, -0.2) is 31.8 Å². The zero-order valence-electron chi connectivity index (χ0n) is 20.8. The second kappa shape index (κ2) is 18.1. The number of hydrogen-bond acceptors (Lipinski definition) is 5. The summed E-state index contributed by atoms with van der Waals surface area (Å²) in [6.45, 7) is 2.82. The van der Waals surface area contributed by atoms with Crippen LogP contribution in [0.3, 0.4) is 0 Å². The Morgan fingerprint density at radius 1 is 0.758 bits per heavy atom. The molecule has 0 aliphatic rings. The lowest BCUT2D eigenvalue weighted by Crippen LogP contribution is -2.11. The lowest BCUT2D eigenvalue weighted by molar-refractivity contribution is 0.237. The zero-order valence-corrected chi connectivity index (χ0v) is 21.6. The number of hydrogen-bond donors (Lipinski definition) is 2. The summed E-state index contributed by atoms with van der Waals surface area (Å²) in [7, 11) is -3.14. The number of methoxy groups -OCH3 is 1. The van der Waals surface area contributed by atoms with Crippen molar-refractivity contribution in [2.45, 2.75) is 115 Å². The van der Waals surface area contributed by atoms with Gasteiger partial charge in [0.05, 0.1) is 13.7 Å². The van der Waals surface area contributed by atoms with Crippen LogP contribution in [0.25, 0.3) is 0 Å². The SMILES string of the molecule is CCCCCCCCCCCCCCCCCCOc1ccc(C(O)S(=O)(=O)O)cc1OC. The van der Waals surface area contributed by atoms with Gasteiger partial charge in [-0.15, -0.1) is 0 Å². The van der Waals surface area contributed by atoms with Gasteiger partial charge in [-0.1, -0.05) is 109 Å². The Bertz CT molecular complexity index is 719. The van der Waals surface area contributed by atoms with Crippen LogP contribution in [0.5, 0.6) is 11.5 Å². The second-order valence-electron chi connectivity index (χ2n) is 8.93. The fourth-order valence-corrected chi connectivity index (χ4v) is 4.45. The van der Waals surface area contributed by atoms with Gasteiger partial charge in [0.25, 0.3) is 10.1 Å². The Morgan fingerprint density at radius 3 is 1.64 bits per heavy atom. The van der Waals surface area contributed by atoms with Gasteiger partial charge in [-0.2, -0.15) is 8.42 Å². The van der Waals surface area contributed by atoms with Crippen molar-refractivity contribution in [2.75, 3.05) is 13.7 Å². The Balaban J connectivity index is 2.03. The zero-order chi connectivity index (χ0) is 24.4. The molecule has 0 spiro atoms. The number of benzene rings is 1. The molecule has 0 aliphatic carbocycles. The van der Waals surface area contributed by atoms with Gasteiger partial charge in [0.15, 0.2) is 11.5 Å². The van der Waals surface area contributed by atoms with Crippen LogP contribution in [0, 0.1) is 0 Å². The summed E-state index contributed by atoms with van der Waals surface area (Å²) in [6.07, 6.45) is 21.1. The van der Waals surface area contributed by atoms with Crippen LogP contribution < -0.4 is 9.47 Å². The molecule has 0 amide bonds. The van der Waals surface area contributed by atoms with Crippen molar-refractivity contribution >= 4 is 10.1 Å². The first-order chi connectivity index (χ1) is 15.9. The molecule has 2 N–H and O–H groups in total. The van der Waals surface area contributed by atoms with E-state index in [1.54, 1.807) is 6.07 Å². The van der Waals surface area contributed by atoms with E-state index in [2.05, 4.69) is 6.92 Å². The minimum Gasteiger partial charge on any atom is -0.493 e. The third-order valence-corrected chi connectivity index (χ3v) is 6.85. The van der Waals surface area contributed by atoms with E-state index in [4.69, 9.17) is 14.0 Å². The highest BCUT2D eigenvalue weighted by molar-refractivity contribution is 7.85. The Labute approximate surface area is 201 Å². The molecule has 0 radical (unpaired) electrons. The Hall–Kier alpha value is -1.31. The highest BCUT2D eigenvalue weighted by Crippen LogP contribution is 2.31. The number of ether oxygens (including phenoxy) is 2. The van der Waals surface area contributed by atoms with Crippen molar-refractivity contribution in [1.82, 2.24) is 0 Å². The molecule has 1 unspecified atom stereocenters. The van der Waals surface area contributed by atoms with E-state index < -0.39 is 15.6 Å². The average molecular weight is 487 g/mol. The van der Waals surface area contributed by atoms with E-state index >= 15 is 0 Å². The Morgan fingerprint density at radius 2 is 1.21 bits per heavy atom. The van der Waals surface area contributed by atoms with Crippen LogP contribution in [0.2, 0.25) is 0 Å². The summed E-state index contributed by atoms with van der Waals surface area (Å²) >= 11 is 0. The van der Waals surface area contributed by atoms with Gasteiger partial charge in [-0.05, 0) is 18.6 Å². The maximum atomic E-state index is 11.1. The van der Waals surface area contributed by atoms with Crippen LogP contribution in [-0.2, 0) is 10.1 Å². The quantitative estimate of drug-likeness (QED) is 0.141. The van der Waals surface area contributed by atoms with Crippen LogP contribution in [0.15, 0.2) is 18.2 Å². The van der Waals surface area contributed by atoms with E-state index in [-0.39, 0.29) is 5.56 Å². The van der Waals surface area contributed by atoms with Crippen molar-refractivity contribution in [3.05, 3.63) is 23.8 Å². The maximum absolute atomic E-state index is 11.1. The minimum atomic E-state index is -4.58. The molecule has 0 bridgehead atoms. The molecule has 0 heterocycles.